The first kappa shape index (κ1) is 14.8. The Balaban J connectivity index is 1.81. The van der Waals surface area contributed by atoms with Crippen molar-refractivity contribution in [3.63, 3.8) is 0 Å². The summed E-state index contributed by atoms with van der Waals surface area (Å²) in [5.41, 5.74) is 1.30. The van der Waals surface area contributed by atoms with Crippen LogP contribution in [0.25, 0.3) is 49.2 Å². The molecule has 0 N–H and O–H groups in total. The highest BCUT2D eigenvalue weighted by Crippen LogP contribution is 2.41. The van der Waals surface area contributed by atoms with E-state index in [0.717, 1.165) is 0 Å². The second-order valence-electron chi connectivity index (χ2n) is 7.35. The lowest BCUT2D eigenvalue weighted by Crippen LogP contribution is -1.89. The lowest BCUT2D eigenvalue weighted by Gasteiger charge is -2.16. The van der Waals surface area contributed by atoms with E-state index in [4.69, 9.17) is 0 Å². The second-order valence-corrected chi connectivity index (χ2v) is 7.35. The highest BCUT2D eigenvalue weighted by Gasteiger charge is 2.14. The van der Waals surface area contributed by atoms with E-state index in [-0.39, 0.29) is 0 Å². The minimum Gasteiger partial charge on any atom is -0.0738 e. The molecule has 0 saturated heterocycles. The van der Waals surface area contributed by atoms with Crippen LogP contribution in [0, 0.1) is 5.92 Å². The highest BCUT2D eigenvalue weighted by molar-refractivity contribution is 6.34. The van der Waals surface area contributed by atoms with Crippen LogP contribution >= 0.6 is 0 Å². The molecule has 0 aromatic heterocycles. The number of rotatable bonds is 2. The third-order valence-electron chi connectivity index (χ3n) is 5.82. The molecule has 0 amide bonds. The molecule has 1 aliphatic rings. The highest BCUT2D eigenvalue weighted by atomic mass is 14.2. The fourth-order valence-electron chi connectivity index (χ4n) is 4.61. The summed E-state index contributed by atoms with van der Waals surface area (Å²) in [6.45, 7) is 0. The van der Waals surface area contributed by atoms with E-state index in [0.29, 0.717) is 5.92 Å². The van der Waals surface area contributed by atoms with Crippen molar-refractivity contribution in [1.29, 1.82) is 0 Å². The number of benzene rings is 5. The molecule has 0 heteroatoms. The molecule has 0 aliphatic heterocycles. The summed E-state index contributed by atoms with van der Waals surface area (Å²) in [6.07, 6.45) is 13.3. The normalized spacial score (nSPS) is 14.8. The molecule has 0 nitrogen and oxygen atoms in total. The Morgan fingerprint density at radius 3 is 1.93 bits per heavy atom. The summed E-state index contributed by atoms with van der Waals surface area (Å²) in [5, 5.41) is 10.8. The van der Waals surface area contributed by atoms with Crippen molar-refractivity contribution in [2.24, 2.45) is 5.92 Å². The monoisotopic (exact) mass is 342 g/mol. The van der Waals surface area contributed by atoms with Gasteiger partial charge in [-0.3, -0.25) is 0 Å². The molecule has 0 atom stereocenters. The molecule has 0 fully saturated rings. The SMILES string of the molecule is C1=CC(/C=C/c2ccc3cccc4c5cccc6cccc(c2c34)c65)C=C1. The van der Waals surface area contributed by atoms with Crippen molar-refractivity contribution in [3.8, 4) is 0 Å². The van der Waals surface area contributed by atoms with Crippen LogP contribution < -0.4 is 0 Å². The molecular weight excluding hydrogens is 324 g/mol. The van der Waals surface area contributed by atoms with Gasteiger partial charge in [0.15, 0.2) is 0 Å². The van der Waals surface area contributed by atoms with Crippen molar-refractivity contribution < 1.29 is 0 Å². The quantitative estimate of drug-likeness (QED) is 0.230. The molecule has 0 heterocycles. The van der Waals surface area contributed by atoms with Gasteiger partial charge in [-0.2, -0.15) is 0 Å². The van der Waals surface area contributed by atoms with Crippen molar-refractivity contribution in [1.82, 2.24) is 0 Å². The van der Waals surface area contributed by atoms with Crippen LogP contribution in [0.5, 0.6) is 0 Å². The van der Waals surface area contributed by atoms with E-state index in [1.54, 1.807) is 0 Å². The molecule has 6 rings (SSSR count). The molecule has 0 unspecified atom stereocenters. The summed E-state index contributed by atoms with van der Waals surface area (Å²) in [6, 6.07) is 24.6. The summed E-state index contributed by atoms with van der Waals surface area (Å²) in [4.78, 5) is 0. The van der Waals surface area contributed by atoms with Crippen LogP contribution in [0.15, 0.2) is 97.1 Å². The standard InChI is InChI=1S/C27H18/c1-2-7-18(6-1)14-15-21-17-16-20-10-4-12-23-22-11-3-8-19-9-5-13-24(25(19)22)27(21)26(20)23/h1-18H/b15-14+. The minimum atomic E-state index is 0.398. The molecule has 0 saturated carbocycles. The Kier molecular flexibility index (Phi) is 3.04. The number of hydrogen-bond acceptors (Lipinski definition) is 0. The van der Waals surface area contributed by atoms with Crippen molar-refractivity contribution >= 4 is 49.2 Å². The first-order chi connectivity index (χ1) is 13.4. The van der Waals surface area contributed by atoms with Gasteiger partial charge in [0, 0.05) is 5.92 Å². The van der Waals surface area contributed by atoms with E-state index in [9.17, 15) is 0 Å². The maximum atomic E-state index is 2.29. The molecule has 5 aromatic rings. The minimum absolute atomic E-state index is 0.398. The van der Waals surface area contributed by atoms with Crippen LogP contribution in [-0.4, -0.2) is 0 Å². The van der Waals surface area contributed by atoms with Crippen molar-refractivity contribution in [2.75, 3.05) is 0 Å². The van der Waals surface area contributed by atoms with E-state index < -0.39 is 0 Å². The molecular formula is C27H18. The van der Waals surface area contributed by atoms with E-state index in [2.05, 4.69) is 103 Å². The average Bonchev–Trinajstić information content (AvgIpc) is 3.24. The van der Waals surface area contributed by atoms with Gasteiger partial charge >= 0.3 is 0 Å². The van der Waals surface area contributed by atoms with Gasteiger partial charge in [-0.05, 0) is 48.7 Å². The fourth-order valence-corrected chi connectivity index (χ4v) is 4.61. The van der Waals surface area contributed by atoms with E-state index in [1.165, 1.54) is 48.7 Å². The first-order valence-electron chi connectivity index (χ1n) is 9.51. The number of fused-ring (bicyclic) bond motifs is 2. The number of allylic oxidation sites excluding steroid dienone is 5. The topological polar surface area (TPSA) is 0 Å². The zero-order valence-electron chi connectivity index (χ0n) is 14.9. The van der Waals surface area contributed by atoms with Crippen LogP contribution in [0.4, 0.5) is 0 Å². The van der Waals surface area contributed by atoms with Crippen LogP contribution in [0.1, 0.15) is 5.56 Å². The molecule has 126 valence electrons. The summed E-state index contributed by atoms with van der Waals surface area (Å²) in [5.74, 6) is 0.398. The Labute approximate surface area is 158 Å². The summed E-state index contributed by atoms with van der Waals surface area (Å²) in [7, 11) is 0. The molecule has 0 bridgehead atoms. The third-order valence-corrected chi connectivity index (χ3v) is 5.82. The maximum Gasteiger partial charge on any atom is 0.0136 e. The molecule has 27 heavy (non-hydrogen) atoms. The Bertz CT molecular complexity index is 1400. The van der Waals surface area contributed by atoms with Gasteiger partial charge in [0.2, 0.25) is 0 Å². The van der Waals surface area contributed by atoms with Gasteiger partial charge in [-0.1, -0.05) is 103 Å². The lowest BCUT2D eigenvalue weighted by molar-refractivity contribution is 1.10. The predicted molar refractivity (Wildman–Crippen MR) is 118 cm³/mol. The predicted octanol–water partition coefficient (Wildman–Crippen LogP) is 7.49. The van der Waals surface area contributed by atoms with Gasteiger partial charge in [-0.15, -0.1) is 0 Å². The van der Waals surface area contributed by atoms with Crippen molar-refractivity contribution in [2.45, 2.75) is 0 Å². The molecule has 0 radical (unpaired) electrons. The van der Waals surface area contributed by atoms with Gasteiger partial charge in [0.25, 0.3) is 0 Å². The van der Waals surface area contributed by atoms with E-state index >= 15 is 0 Å². The van der Waals surface area contributed by atoms with Crippen LogP contribution in [0.3, 0.4) is 0 Å². The van der Waals surface area contributed by atoms with Gasteiger partial charge in [-0.25, -0.2) is 0 Å². The summed E-state index contributed by atoms with van der Waals surface area (Å²) >= 11 is 0. The van der Waals surface area contributed by atoms with Crippen LogP contribution in [-0.2, 0) is 0 Å². The zero-order valence-corrected chi connectivity index (χ0v) is 14.9. The first-order valence-corrected chi connectivity index (χ1v) is 9.51. The van der Waals surface area contributed by atoms with Gasteiger partial charge in [0.05, 0.1) is 0 Å². The molecule has 0 spiro atoms. The second kappa shape index (κ2) is 5.56. The smallest absolute Gasteiger partial charge is 0.0136 e. The molecule has 5 aromatic carbocycles. The van der Waals surface area contributed by atoms with Crippen molar-refractivity contribution in [3.05, 3.63) is 103 Å². The van der Waals surface area contributed by atoms with Crippen LogP contribution in [0.2, 0.25) is 0 Å². The Morgan fingerprint density at radius 1 is 0.556 bits per heavy atom. The van der Waals surface area contributed by atoms with E-state index in [1.807, 2.05) is 0 Å². The van der Waals surface area contributed by atoms with Gasteiger partial charge in [0.1, 0.15) is 0 Å². The average molecular weight is 342 g/mol. The number of hydrogen-bond donors (Lipinski definition) is 0. The largest absolute Gasteiger partial charge is 0.0738 e. The maximum absolute atomic E-state index is 2.29. The third kappa shape index (κ3) is 2.10. The lowest BCUT2D eigenvalue weighted by atomic mass is 9.87. The van der Waals surface area contributed by atoms with Gasteiger partial charge < -0.3 is 0 Å². The fraction of sp³-hybridized carbons (Fsp3) is 0.0370. The zero-order chi connectivity index (χ0) is 17.8. The molecule has 1 aliphatic carbocycles. The summed E-state index contributed by atoms with van der Waals surface area (Å²) < 4.78 is 0. The Hall–Kier alpha value is -3.38. The Morgan fingerprint density at radius 2 is 1.19 bits per heavy atom.